The second kappa shape index (κ2) is 11.5. The number of hydrogen-bond donors (Lipinski definition) is 0. The molecule has 230 valence electrons. The molecule has 0 unspecified atom stereocenters. The fraction of sp³-hybridized carbons (Fsp3) is 0. The Hall–Kier alpha value is -5.74. The van der Waals surface area contributed by atoms with Crippen LogP contribution in [0.4, 0.5) is 17.1 Å². The molecule has 0 atom stereocenters. The van der Waals surface area contributed by atoms with E-state index in [2.05, 4.69) is 181 Å². The number of thiophene rings is 2. The molecule has 2 heterocycles. The van der Waals surface area contributed by atoms with Crippen LogP contribution in [-0.4, -0.2) is 0 Å². The summed E-state index contributed by atoms with van der Waals surface area (Å²) < 4.78 is 5.30. The van der Waals surface area contributed by atoms with Crippen LogP contribution in [-0.2, 0) is 0 Å². The topological polar surface area (TPSA) is 3.24 Å². The van der Waals surface area contributed by atoms with Crippen molar-refractivity contribution in [3.8, 4) is 22.3 Å². The maximum atomic E-state index is 2.39. The van der Waals surface area contributed by atoms with Gasteiger partial charge in [-0.2, -0.15) is 0 Å². The zero-order valence-corrected chi connectivity index (χ0v) is 28.1. The van der Waals surface area contributed by atoms with Crippen molar-refractivity contribution in [1.29, 1.82) is 0 Å². The van der Waals surface area contributed by atoms with E-state index in [0.717, 1.165) is 17.1 Å². The van der Waals surface area contributed by atoms with Crippen LogP contribution in [0.15, 0.2) is 176 Å². The number of fused-ring (bicyclic) bond motifs is 8. The summed E-state index contributed by atoms with van der Waals surface area (Å²) in [6.45, 7) is 0. The van der Waals surface area contributed by atoms with Gasteiger partial charge in [0.15, 0.2) is 0 Å². The predicted octanol–water partition coefficient (Wildman–Crippen LogP) is 14.4. The van der Waals surface area contributed by atoms with Crippen molar-refractivity contribution in [2.45, 2.75) is 0 Å². The highest BCUT2D eigenvalue weighted by atomic mass is 32.1. The fourth-order valence-corrected chi connectivity index (χ4v) is 9.72. The summed E-state index contributed by atoms with van der Waals surface area (Å²) in [6.07, 6.45) is 0. The molecule has 0 aliphatic heterocycles. The third-order valence-corrected chi connectivity index (χ3v) is 12.0. The molecule has 3 heteroatoms. The first kappa shape index (κ1) is 28.3. The van der Waals surface area contributed by atoms with Gasteiger partial charge in [-0.3, -0.25) is 0 Å². The summed E-state index contributed by atoms with van der Waals surface area (Å²) >= 11 is 3.76. The normalized spacial score (nSPS) is 11.7. The molecule has 0 saturated carbocycles. The first-order chi connectivity index (χ1) is 24.3. The molecule has 0 N–H and O–H groups in total. The number of hydrogen-bond acceptors (Lipinski definition) is 3. The standard InChI is InChI=1S/C46H29NS2/c1-2-9-30(10-3-1)31-17-22-34(23-18-31)47(36-26-28-39-40-27-21-32-11-4-5-12-38(32)46(40)49-44(39)29-36)35-24-19-33(20-25-35)37-14-8-16-43-45(37)41-13-6-7-15-42(41)48-43/h1-29H. The van der Waals surface area contributed by atoms with Crippen LogP contribution in [0.5, 0.6) is 0 Å². The Morgan fingerprint density at radius 3 is 1.80 bits per heavy atom. The molecule has 0 bridgehead atoms. The van der Waals surface area contributed by atoms with Crippen molar-refractivity contribution in [3.05, 3.63) is 176 Å². The lowest BCUT2D eigenvalue weighted by Gasteiger charge is -2.26. The molecule has 1 nitrogen and oxygen atoms in total. The summed E-state index contributed by atoms with van der Waals surface area (Å²) in [4.78, 5) is 2.39. The minimum atomic E-state index is 1.13. The molecule has 0 amide bonds. The predicted molar refractivity (Wildman–Crippen MR) is 215 cm³/mol. The zero-order chi connectivity index (χ0) is 32.3. The molecule has 10 aromatic rings. The molecule has 2 aromatic heterocycles. The van der Waals surface area contributed by atoms with E-state index in [0.29, 0.717) is 0 Å². The summed E-state index contributed by atoms with van der Waals surface area (Å²) in [5.74, 6) is 0. The van der Waals surface area contributed by atoms with Crippen LogP contribution in [0.1, 0.15) is 0 Å². The van der Waals surface area contributed by atoms with Crippen molar-refractivity contribution >= 4 is 90.9 Å². The van der Waals surface area contributed by atoms with Crippen LogP contribution >= 0.6 is 22.7 Å². The summed E-state index contributed by atoms with van der Waals surface area (Å²) in [7, 11) is 0. The smallest absolute Gasteiger partial charge is 0.0476 e. The summed E-state index contributed by atoms with van der Waals surface area (Å²) in [6, 6.07) is 64.3. The molecule has 0 fully saturated rings. The van der Waals surface area contributed by atoms with Gasteiger partial charge in [0.2, 0.25) is 0 Å². The second-order valence-corrected chi connectivity index (χ2v) is 14.7. The van der Waals surface area contributed by atoms with Crippen molar-refractivity contribution in [2.75, 3.05) is 4.90 Å². The van der Waals surface area contributed by atoms with E-state index in [4.69, 9.17) is 0 Å². The van der Waals surface area contributed by atoms with Crippen molar-refractivity contribution < 1.29 is 0 Å². The molecule has 0 aliphatic rings. The summed E-state index contributed by atoms with van der Waals surface area (Å²) in [5.41, 5.74) is 8.34. The van der Waals surface area contributed by atoms with Crippen LogP contribution in [0, 0.1) is 0 Å². The monoisotopic (exact) mass is 659 g/mol. The van der Waals surface area contributed by atoms with Gasteiger partial charge in [-0.1, -0.05) is 127 Å². The third kappa shape index (κ3) is 4.74. The van der Waals surface area contributed by atoms with Gasteiger partial charge in [-0.15, -0.1) is 22.7 Å². The lowest BCUT2D eigenvalue weighted by molar-refractivity contribution is 1.29. The molecule has 10 rings (SSSR count). The van der Waals surface area contributed by atoms with Gasteiger partial charge in [0.05, 0.1) is 0 Å². The van der Waals surface area contributed by atoms with E-state index in [1.807, 2.05) is 22.7 Å². The van der Waals surface area contributed by atoms with Gasteiger partial charge in [-0.05, 0) is 81.6 Å². The highest BCUT2D eigenvalue weighted by Gasteiger charge is 2.17. The minimum absolute atomic E-state index is 1.13. The maximum absolute atomic E-state index is 2.39. The average molecular weight is 660 g/mol. The first-order valence-electron chi connectivity index (χ1n) is 16.6. The highest BCUT2D eigenvalue weighted by Crippen LogP contribution is 2.44. The number of anilines is 3. The van der Waals surface area contributed by atoms with Gasteiger partial charge >= 0.3 is 0 Å². The van der Waals surface area contributed by atoms with Crippen molar-refractivity contribution in [1.82, 2.24) is 0 Å². The van der Waals surface area contributed by atoms with E-state index >= 15 is 0 Å². The average Bonchev–Trinajstić information content (AvgIpc) is 3.74. The number of benzene rings is 8. The van der Waals surface area contributed by atoms with E-state index < -0.39 is 0 Å². The minimum Gasteiger partial charge on any atom is -0.310 e. The maximum Gasteiger partial charge on any atom is 0.0476 e. The fourth-order valence-electron chi connectivity index (χ4n) is 7.32. The SMILES string of the molecule is c1ccc(-c2ccc(N(c3ccc(-c4cccc5sc6ccccc6c45)cc3)c3ccc4c(c3)sc3c5ccccc5ccc43)cc2)cc1. The molecule has 8 aromatic carbocycles. The lowest BCUT2D eigenvalue weighted by Crippen LogP contribution is -2.09. The van der Waals surface area contributed by atoms with Crippen LogP contribution in [0.3, 0.4) is 0 Å². The highest BCUT2D eigenvalue weighted by molar-refractivity contribution is 7.27. The van der Waals surface area contributed by atoms with E-state index in [1.165, 1.54) is 73.4 Å². The Kier molecular flexibility index (Phi) is 6.61. The zero-order valence-electron chi connectivity index (χ0n) is 26.5. The van der Waals surface area contributed by atoms with Gasteiger partial charge in [-0.25, -0.2) is 0 Å². The van der Waals surface area contributed by atoms with E-state index in [-0.39, 0.29) is 0 Å². The molecule has 0 spiro atoms. The van der Waals surface area contributed by atoms with Gasteiger partial charge in [0, 0.05) is 57.4 Å². The van der Waals surface area contributed by atoms with Gasteiger partial charge in [0.25, 0.3) is 0 Å². The quantitative estimate of drug-likeness (QED) is 0.178. The Balaban J connectivity index is 1.11. The van der Waals surface area contributed by atoms with Gasteiger partial charge in [0.1, 0.15) is 0 Å². The largest absolute Gasteiger partial charge is 0.310 e. The second-order valence-electron chi connectivity index (χ2n) is 12.5. The van der Waals surface area contributed by atoms with Crippen LogP contribution in [0.2, 0.25) is 0 Å². The van der Waals surface area contributed by atoms with Crippen LogP contribution < -0.4 is 4.90 Å². The third-order valence-electron chi connectivity index (χ3n) is 9.68. The van der Waals surface area contributed by atoms with Crippen molar-refractivity contribution in [2.24, 2.45) is 0 Å². The molecular formula is C46H29NS2. The van der Waals surface area contributed by atoms with Crippen molar-refractivity contribution in [3.63, 3.8) is 0 Å². The molecular weight excluding hydrogens is 631 g/mol. The molecule has 0 saturated heterocycles. The van der Waals surface area contributed by atoms with Crippen LogP contribution in [0.25, 0.3) is 73.4 Å². The Morgan fingerprint density at radius 2 is 0.980 bits per heavy atom. The molecule has 49 heavy (non-hydrogen) atoms. The first-order valence-corrected chi connectivity index (χ1v) is 18.2. The molecule has 0 aliphatic carbocycles. The Bertz CT molecular complexity index is 2810. The van der Waals surface area contributed by atoms with E-state index in [1.54, 1.807) is 0 Å². The molecule has 0 radical (unpaired) electrons. The summed E-state index contributed by atoms with van der Waals surface area (Å²) in [5, 5.41) is 7.90. The lowest BCUT2D eigenvalue weighted by atomic mass is 9.99. The number of rotatable bonds is 5. The van der Waals surface area contributed by atoms with Gasteiger partial charge < -0.3 is 4.90 Å². The van der Waals surface area contributed by atoms with E-state index in [9.17, 15) is 0 Å². The number of nitrogens with zero attached hydrogens (tertiary/aromatic N) is 1. The Labute approximate surface area is 292 Å². The Morgan fingerprint density at radius 1 is 0.347 bits per heavy atom.